The van der Waals surface area contributed by atoms with Crippen LogP contribution < -0.4 is 16.7 Å². The van der Waals surface area contributed by atoms with Gasteiger partial charge in [-0.25, -0.2) is 10.2 Å². The van der Waals surface area contributed by atoms with Crippen molar-refractivity contribution >= 4 is 23.3 Å². The molecule has 2 aromatic heterocycles. The summed E-state index contributed by atoms with van der Waals surface area (Å²) in [6.45, 7) is -0.102. The molecular weight excluding hydrogens is 340 g/mol. The van der Waals surface area contributed by atoms with Crippen molar-refractivity contribution in [3.63, 3.8) is 0 Å². The van der Waals surface area contributed by atoms with Gasteiger partial charge in [-0.15, -0.1) is 0 Å². The molecule has 0 atom stereocenters. The van der Waals surface area contributed by atoms with Gasteiger partial charge in [-0.1, -0.05) is 0 Å². The summed E-state index contributed by atoms with van der Waals surface area (Å²) in [5.41, 5.74) is 2.88. The first-order chi connectivity index (χ1) is 12.4. The maximum Gasteiger partial charge on any atom is 0.332 e. The molecule has 0 aliphatic rings. The molecule has 0 spiro atoms. The van der Waals surface area contributed by atoms with Crippen molar-refractivity contribution in [3.8, 4) is 5.75 Å². The van der Waals surface area contributed by atoms with Gasteiger partial charge in [0, 0.05) is 20.6 Å². The van der Waals surface area contributed by atoms with Crippen LogP contribution in [0.15, 0.2) is 39.0 Å². The van der Waals surface area contributed by atoms with E-state index in [0.29, 0.717) is 0 Å². The number of hydrazone groups is 1. The Bertz CT molecular complexity index is 1090. The lowest BCUT2D eigenvalue weighted by molar-refractivity contribution is 0.278. The largest absolute Gasteiger partial charge is 0.508 e. The Morgan fingerprint density at radius 2 is 1.88 bits per heavy atom. The smallest absolute Gasteiger partial charge is 0.332 e. The van der Waals surface area contributed by atoms with Gasteiger partial charge < -0.3 is 14.8 Å². The predicted molar refractivity (Wildman–Crippen MR) is 96.6 cm³/mol. The molecule has 0 radical (unpaired) electrons. The zero-order valence-electron chi connectivity index (χ0n) is 14.2. The number of aliphatic hydroxyl groups excluding tert-OH is 1. The molecule has 0 amide bonds. The number of nitrogens with zero attached hydrogens (tertiary/aromatic N) is 5. The van der Waals surface area contributed by atoms with Crippen LogP contribution in [0.5, 0.6) is 5.75 Å². The average molecular weight is 358 g/mol. The Balaban J connectivity index is 2.05. The van der Waals surface area contributed by atoms with Crippen LogP contribution in [0.3, 0.4) is 0 Å². The van der Waals surface area contributed by atoms with E-state index < -0.39 is 11.2 Å². The van der Waals surface area contributed by atoms with Crippen molar-refractivity contribution in [2.75, 3.05) is 12.0 Å². The summed E-state index contributed by atoms with van der Waals surface area (Å²) < 4.78 is 3.73. The molecule has 0 unspecified atom stereocenters. The van der Waals surface area contributed by atoms with Crippen LogP contribution in [0.2, 0.25) is 0 Å². The molecule has 0 saturated heterocycles. The van der Waals surface area contributed by atoms with E-state index in [1.54, 1.807) is 12.1 Å². The molecular formula is C16H18N6O4. The Labute approximate surface area is 147 Å². The third kappa shape index (κ3) is 2.97. The number of aromatic nitrogens is 4. The molecule has 0 bridgehead atoms. The topological polar surface area (TPSA) is 127 Å². The Morgan fingerprint density at radius 1 is 1.19 bits per heavy atom. The molecule has 0 aliphatic heterocycles. The van der Waals surface area contributed by atoms with Gasteiger partial charge in [0.2, 0.25) is 5.95 Å². The molecule has 0 aliphatic carbocycles. The highest BCUT2D eigenvalue weighted by Gasteiger charge is 2.18. The van der Waals surface area contributed by atoms with E-state index in [1.165, 1.54) is 41.6 Å². The number of rotatable bonds is 5. The van der Waals surface area contributed by atoms with Crippen LogP contribution in [0, 0.1) is 0 Å². The quantitative estimate of drug-likeness (QED) is 0.420. The van der Waals surface area contributed by atoms with Crippen molar-refractivity contribution < 1.29 is 10.2 Å². The third-order valence-corrected chi connectivity index (χ3v) is 3.94. The van der Waals surface area contributed by atoms with Gasteiger partial charge in [0.25, 0.3) is 5.56 Å². The highest BCUT2D eigenvalue weighted by atomic mass is 16.3. The molecule has 10 nitrogen and oxygen atoms in total. The van der Waals surface area contributed by atoms with Crippen LogP contribution in [0.25, 0.3) is 11.2 Å². The lowest BCUT2D eigenvalue weighted by atomic mass is 10.2. The molecule has 136 valence electrons. The minimum atomic E-state index is -0.500. The Kier molecular flexibility index (Phi) is 4.59. The second kappa shape index (κ2) is 6.84. The van der Waals surface area contributed by atoms with Crippen LogP contribution >= 0.6 is 0 Å². The minimum Gasteiger partial charge on any atom is -0.508 e. The number of benzene rings is 1. The number of anilines is 1. The average Bonchev–Trinajstić information content (AvgIpc) is 2.99. The van der Waals surface area contributed by atoms with E-state index >= 15 is 0 Å². The van der Waals surface area contributed by atoms with Gasteiger partial charge in [-0.2, -0.15) is 10.1 Å². The molecule has 0 saturated carbocycles. The first-order valence-electron chi connectivity index (χ1n) is 7.79. The van der Waals surface area contributed by atoms with Gasteiger partial charge in [0.1, 0.15) is 5.75 Å². The van der Waals surface area contributed by atoms with Gasteiger partial charge >= 0.3 is 5.69 Å². The fourth-order valence-electron chi connectivity index (χ4n) is 2.57. The van der Waals surface area contributed by atoms with E-state index in [9.17, 15) is 19.8 Å². The molecule has 1 aromatic carbocycles. The van der Waals surface area contributed by atoms with Crippen LogP contribution in [-0.4, -0.2) is 41.7 Å². The standard InChI is InChI=1S/C16H18N6O4/c1-20-13-12(14(25)21(2)16(20)26)22(7-8-23)15(18-13)19-17-9-10-3-5-11(24)6-4-10/h3-6,9,23-24H,7-8H2,1-2H3,(H,18,19). The van der Waals surface area contributed by atoms with E-state index in [1.807, 2.05) is 0 Å². The molecule has 0 fully saturated rings. The van der Waals surface area contributed by atoms with E-state index in [-0.39, 0.29) is 36.0 Å². The number of hydrogen-bond donors (Lipinski definition) is 3. The molecule has 3 rings (SSSR count). The first kappa shape index (κ1) is 17.4. The summed E-state index contributed by atoms with van der Waals surface area (Å²) in [5, 5.41) is 22.7. The minimum absolute atomic E-state index is 0.112. The van der Waals surface area contributed by atoms with Crippen LogP contribution in [0.4, 0.5) is 5.95 Å². The summed E-state index contributed by atoms with van der Waals surface area (Å²) in [6, 6.07) is 6.41. The van der Waals surface area contributed by atoms with Crippen molar-refractivity contribution in [2.24, 2.45) is 19.2 Å². The van der Waals surface area contributed by atoms with E-state index in [0.717, 1.165) is 10.1 Å². The Hall–Kier alpha value is -3.40. The highest BCUT2D eigenvalue weighted by Crippen LogP contribution is 2.15. The number of aliphatic hydroxyl groups is 1. The molecule has 2 heterocycles. The van der Waals surface area contributed by atoms with Gasteiger partial charge in [-0.3, -0.25) is 13.9 Å². The van der Waals surface area contributed by atoms with Gasteiger partial charge in [0.05, 0.1) is 12.8 Å². The van der Waals surface area contributed by atoms with Gasteiger partial charge in [-0.05, 0) is 29.8 Å². The fraction of sp³-hybridized carbons (Fsp3) is 0.250. The zero-order chi connectivity index (χ0) is 18.8. The summed E-state index contributed by atoms with van der Waals surface area (Å²) in [7, 11) is 2.90. The van der Waals surface area contributed by atoms with Crippen LogP contribution in [0.1, 0.15) is 5.56 Å². The maximum atomic E-state index is 12.5. The van der Waals surface area contributed by atoms with Crippen molar-refractivity contribution in [1.29, 1.82) is 0 Å². The number of hydrogen-bond acceptors (Lipinski definition) is 7. The van der Waals surface area contributed by atoms with Crippen molar-refractivity contribution in [3.05, 3.63) is 50.7 Å². The van der Waals surface area contributed by atoms with Gasteiger partial charge in [0.15, 0.2) is 11.2 Å². The lowest BCUT2D eigenvalue weighted by Crippen LogP contribution is -2.37. The summed E-state index contributed by atoms with van der Waals surface area (Å²) in [5.74, 6) is 0.374. The van der Waals surface area contributed by atoms with Crippen molar-refractivity contribution in [2.45, 2.75) is 6.54 Å². The summed E-state index contributed by atoms with van der Waals surface area (Å²) >= 11 is 0. The maximum absolute atomic E-state index is 12.5. The van der Waals surface area contributed by atoms with E-state index in [2.05, 4.69) is 15.5 Å². The molecule has 26 heavy (non-hydrogen) atoms. The SMILES string of the molecule is Cn1c(=O)c2c(nc(NN=Cc3ccc(O)cc3)n2CCO)n(C)c1=O. The number of fused-ring (bicyclic) bond motifs is 1. The summed E-state index contributed by atoms with van der Waals surface area (Å²) in [6.07, 6.45) is 1.51. The number of imidazole rings is 1. The first-order valence-corrected chi connectivity index (χ1v) is 7.79. The van der Waals surface area contributed by atoms with Crippen LogP contribution in [-0.2, 0) is 20.6 Å². The predicted octanol–water partition coefficient (Wildman–Crippen LogP) is -0.422. The molecule has 3 N–H and O–H groups in total. The number of phenolic OH excluding ortho intramolecular Hbond substituents is 1. The second-order valence-electron chi connectivity index (χ2n) is 5.65. The monoisotopic (exact) mass is 358 g/mol. The zero-order valence-corrected chi connectivity index (χ0v) is 14.2. The second-order valence-corrected chi connectivity index (χ2v) is 5.65. The lowest BCUT2D eigenvalue weighted by Gasteiger charge is -2.07. The van der Waals surface area contributed by atoms with Crippen molar-refractivity contribution in [1.82, 2.24) is 18.7 Å². The Morgan fingerprint density at radius 3 is 2.54 bits per heavy atom. The fourth-order valence-corrected chi connectivity index (χ4v) is 2.57. The number of aromatic hydroxyl groups is 1. The normalized spacial score (nSPS) is 11.5. The molecule has 10 heteroatoms. The third-order valence-electron chi connectivity index (χ3n) is 3.94. The van der Waals surface area contributed by atoms with E-state index in [4.69, 9.17) is 0 Å². The number of nitrogens with one attached hydrogen (secondary N) is 1. The highest BCUT2D eigenvalue weighted by molar-refractivity contribution is 5.80. The number of phenols is 1. The molecule has 3 aromatic rings. The summed E-state index contributed by atoms with van der Waals surface area (Å²) in [4.78, 5) is 28.8. The number of aryl methyl sites for hydroxylation is 1.